The molecule has 11 heteroatoms. The Morgan fingerprint density at radius 1 is 0.900 bits per heavy atom. The maximum atomic E-state index is 12.5. The molecule has 0 saturated carbocycles. The van der Waals surface area contributed by atoms with E-state index in [0.717, 1.165) is 60.3 Å². The summed E-state index contributed by atoms with van der Waals surface area (Å²) in [5.74, 6) is 2.21. The molecule has 0 aromatic heterocycles. The number of unbranched alkanes of at least 4 members (excludes halogenated alkanes) is 8. The molecule has 0 saturated heterocycles. The van der Waals surface area contributed by atoms with Crippen LogP contribution >= 0.6 is 23.6 Å². The van der Waals surface area contributed by atoms with Crippen LogP contribution in [0.5, 0.6) is 0 Å². The van der Waals surface area contributed by atoms with Crippen molar-refractivity contribution in [3.05, 3.63) is 71.6 Å². The predicted molar refractivity (Wildman–Crippen MR) is 213 cm³/mol. The van der Waals surface area contributed by atoms with Crippen molar-refractivity contribution in [3.63, 3.8) is 0 Å². The fourth-order valence-corrected chi connectivity index (χ4v) is 8.14. The molecular formula is C39H58ClN4O4S2+3. The van der Waals surface area contributed by atoms with Gasteiger partial charge in [0.1, 0.15) is 5.69 Å². The van der Waals surface area contributed by atoms with Crippen molar-refractivity contribution in [1.29, 1.82) is 0 Å². The average molecular weight is 747 g/mol. The number of fused-ring (bicyclic) bond motifs is 2. The molecule has 0 bridgehead atoms. The van der Waals surface area contributed by atoms with Gasteiger partial charge in [-0.15, -0.1) is 4.58 Å². The van der Waals surface area contributed by atoms with Crippen molar-refractivity contribution in [3.8, 4) is 0 Å². The topological polar surface area (TPSA) is 58.9 Å². The molecule has 0 amide bonds. The largest absolute Gasteiger partial charge is 0.374 e. The quantitative estimate of drug-likeness (QED) is 0.0272. The first-order valence-corrected chi connectivity index (χ1v) is 21.0. The molecule has 0 unspecified atom stereocenters. The molecule has 274 valence electrons. The van der Waals surface area contributed by atoms with E-state index in [1.807, 2.05) is 24.3 Å². The van der Waals surface area contributed by atoms with Gasteiger partial charge in [0.15, 0.2) is 22.1 Å². The molecule has 0 spiro atoms. The van der Waals surface area contributed by atoms with Crippen LogP contribution in [0.4, 0.5) is 22.7 Å². The van der Waals surface area contributed by atoms with E-state index in [4.69, 9.17) is 20.8 Å². The molecule has 50 heavy (non-hydrogen) atoms. The van der Waals surface area contributed by atoms with E-state index >= 15 is 0 Å². The van der Waals surface area contributed by atoms with Gasteiger partial charge in [0, 0.05) is 53.4 Å². The van der Waals surface area contributed by atoms with E-state index in [0.29, 0.717) is 18.9 Å². The lowest BCUT2D eigenvalue weighted by atomic mass is 10.1. The van der Waals surface area contributed by atoms with Crippen molar-refractivity contribution in [2.45, 2.75) is 87.8 Å². The smallest absolute Gasteiger partial charge is 0.292 e. The minimum Gasteiger partial charge on any atom is -0.292 e. The van der Waals surface area contributed by atoms with Crippen LogP contribution in [-0.2, 0) is 19.1 Å². The van der Waals surface area contributed by atoms with Crippen molar-refractivity contribution in [2.75, 3.05) is 59.5 Å². The molecule has 0 N–H and O–H groups in total. The number of rotatable bonds is 19. The van der Waals surface area contributed by atoms with Crippen LogP contribution in [0.15, 0.2) is 81.3 Å². The van der Waals surface area contributed by atoms with Crippen LogP contribution in [0.2, 0.25) is 0 Å². The molecule has 2 aromatic rings. The normalized spacial score (nSPS) is 17.7. The van der Waals surface area contributed by atoms with Gasteiger partial charge in [0.05, 0.1) is 58.3 Å². The Kier molecular flexibility index (Phi) is 14.4. The lowest BCUT2D eigenvalue weighted by Crippen LogP contribution is -2.45. The van der Waals surface area contributed by atoms with Gasteiger partial charge in [-0.1, -0.05) is 70.4 Å². The van der Waals surface area contributed by atoms with Gasteiger partial charge in [0.2, 0.25) is 11.5 Å². The van der Waals surface area contributed by atoms with Gasteiger partial charge < -0.3 is 0 Å². The molecule has 4 rings (SSSR count). The van der Waals surface area contributed by atoms with Crippen LogP contribution < -0.4 is 13.9 Å². The fraction of sp³-hybridized carbons (Fsp3) is 0.513. The molecule has 8 nitrogen and oxygen atoms in total. The highest BCUT2D eigenvalue weighted by molar-refractivity contribution is 7.94. The number of halogens is 1. The average Bonchev–Trinajstić information content (AvgIpc) is 3.42. The Balaban J connectivity index is 1.67. The molecule has 2 aromatic carbocycles. The third-order valence-corrected chi connectivity index (χ3v) is 11.8. The van der Waals surface area contributed by atoms with Crippen molar-refractivity contribution in [2.24, 2.45) is 0 Å². The summed E-state index contributed by atoms with van der Waals surface area (Å²) < 4.78 is 33.6. The molecule has 0 fully saturated rings. The summed E-state index contributed by atoms with van der Waals surface area (Å²) in [6.07, 6.45) is 21.4. The second-order valence-electron chi connectivity index (χ2n) is 14.2. The number of anilines is 1. The summed E-state index contributed by atoms with van der Waals surface area (Å²) in [6.45, 7) is 6.26. The zero-order valence-electron chi connectivity index (χ0n) is 31.4. The minimum atomic E-state index is -3.34. The second-order valence-corrected chi connectivity index (χ2v) is 17.4. The highest BCUT2D eigenvalue weighted by Crippen LogP contribution is 2.46. The van der Waals surface area contributed by atoms with E-state index in [1.165, 1.54) is 81.7 Å². The standard InChI is InChI=1S/C39H58ClN4O4S2/c1-9-11-13-15-17-27-41-34-23-21-32(49-48-47-7)29-36(34)43(3,4)38(41)25-19-31(40)20-26-39-42(28-18-16-14-12-10-2)35-24-22-33(50(8,45)46)30-37(35)44(39,5)6/h19-26,29-30H,9-18,27-28H2,1-8H3/q+3. The van der Waals surface area contributed by atoms with E-state index in [-0.39, 0.29) is 0 Å². The van der Waals surface area contributed by atoms with E-state index in [9.17, 15) is 8.42 Å². The van der Waals surface area contributed by atoms with Gasteiger partial charge in [-0.05, 0) is 43.2 Å². The molecule has 0 aliphatic carbocycles. The monoisotopic (exact) mass is 745 g/mol. The maximum absolute atomic E-state index is 12.5. The van der Waals surface area contributed by atoms with Gasteiger partial charge >= 0.3 is 5.84 Å². The number of likely N-dealkylation sites (N-methyl/N-ethyl adjacent to an activating group) is 1. The maximum Gasteiger partial charge on any atom is 0.374 e. The number of quaternary nitrogens is 2. The zero-order chi connectivity index (χ0) is 36.5. The van der Waals surface area contributed by atoms with Crippen molar-refractivity contribution < 1.29 is 22.2 Å². The summed E-state index contributed by atoms with van der Waals surface area (Å²) in [5.41, 5.74) is 4.40. The SMILES string of the molecule is CCCCCCCN1C(=CC=C(Cl)C=CC2=[N+](CCCCCCC)c3ccc(SOOC)cc3[N+]2(C)C)[N+](C)(C)c2cc(S(C)(=O)=O)ccc21. The van der Waals surface area contributed by atoms with Crippen molar-refractivity contribution in [1.82, 2.24) is 8.97 Å². The fourth-order valence-electron chi connectivity index (χ4n) is 6.94. The number of allylic oxidation sites excluding steroid dienone is 4. The van der Waals surface area contributed by atoms with E-state index < -0.39 is 9.84 Å². The highest BCUT2D eigenvalue weighted by atomic mass is 35.5. The van der Waals surface area contributed by atoms with E-state index in [1.54, 1.807) is 6.07 Å². The molecule has 2 aliphatic heterocycles. The summed E-state index contributed by atoms with van der Waals surface area (Å²) in [7, 11) is 6.81. The number of nitrogens with zero attached hydrogens (tertiary/aromatic N) is 4. The number of hydrogen-bond donors (Lipinski definition) is 0. The second kappa shape index (κ2) is 17.9. The molecule has 2 heterocycles. The Bertz CT molecular complexity index is 1730. The third kappa shape index (κ3) is 9.50. The number of amidine groups is 1. The summed E-state index contributed by atoms with van der Waals surface area (Å²) in [6, 6.07) is 11.9. The first-order valence-electron chi connectivity index (χ1n) is 18.0. The molecule has 0 radical (unpaired) electrons. The minimum absolute atomic E-state index is 0.338. The van der Waals surface area contributed by atoms with Gasteiger partial charge in [-0.3, -0.25) is 4.90 Å². The van der Waals surface area contributed by atoms with Crippen LogP contribution in [0.1, 0.15) is 78.1 Å². The highest BCUT2D eigenvalue weighted by Gasteiger charge is 2.46. The van der Waals surface area contributed by atoms with Crippen molar-refractivity contribution >= 4 is 62.1 Å². The van der Waals surface area contributed by atoms with Crippen LogP contribution in [-0.4, -0.2) is 73.5 Å². The van der Waals surface area contributed by atoms with Crippen LogP contribution in [0.3, 0.4) is 0 Å². The number of sulfone groups is 1. The predicted octanol–water partition coefficient (Wildman–Crippen LogP) is 9.85. The first kappa shape index (κ1) is 40.3. The zero-order valence-corrected chi connectivity index (χ0v) is 33.8. The molecule has 0 atom stereocenters. The first-order chi connectivity index (χ1) is 23.8. The van der Waals surface area contributed by atoms with Crippen LogP contribution in [0.25, 0.3) is 0 Å². The number of benzene rings is 2. The Morgan fingerprint density at radius 3 is 2.24 bits per heavy atom. The Labute approximate surface area is 310 Å². The molecule has 2 aliphatic rings. The lowest BCUT2D eigenvalue weighted by Gasteiger charge is -2.27. The van der Waals surface area contributed by atoms with Gasteiger partial charge in [0.25, 0.3) is 5.69 Å². The Morgan fingerprint density at radius 2 is 1.58 bits per heavy atom. The number of hydrogen-bond acceptors (Lipinski definition) is 6. The molecular weight excluding hydrogens is 688 g/mol. The van der Waals surface area contributed by atoms with Crippen LogP contribution in [0, 0.1) is 0 Å². The lowest BCUT2D eigenvalue weighted by molar-refractivity contribution is -0.438. The third-order valence-electron chi connectivity index (χ3n) is 9.76. The van der Waals surface area contributed by atoms with E-state index in [2.05, 4.69) is 81.9 Å². The summed E-state index contributed by atoms with van der Waals surface area (Å²) >= 11 is 8.19. The van der Waals surface area contributed by atoms with Gasteiger partial charge in [-0.25, -0.2) is 22.3 Å². The summed E-state index contributed by atoms with van der Waals surface area (Å²) in [5, 5.41) is 0.615. The summed E-state index contributed by atoms with van der Waals surface area (Å²) in [4.78, 5) is 8.49. The Hall–Kier alpha value is -2.44. The van der Waals surface area contributed by atoms with Gasteiger partial charge in [-0.2, -0.15) is 4.33 Å².